The highest BCUT2D eigenvalue weighted by Gasteiger charge is 2.25. The predicted molar refractivity (Wildman–Crippen MR) is 116 cm³/mol. The maximum absolute atomic E-state index is 13.5. The van der Waals surface area contributed by atoms with Gasteiger partial charge in [-0.05, 0) is 37.1 Å². The molecule has 1 aromatic heterocycles. The van der Waals surface area contributed by atoms with E-state index in [1.807, 2.05) is 0 Å². The van der Waals surface area contributed by atoms with E-state index in [1.165, 1.54) is 0 Å². The topological polar surface area (TPSA) is 73.6 Å². The SMILES string of the molecule is CC(C)(O)c1ccc(-c2cn(C3COC3)nc(-c3ccccc3OCC(F)F)c2=O)cc1. The molecule has 2 heterocycles. The molecule has 1 fully saturated rings. The smallest absolute Gasteiger partial charge is 0.272 e. The predicted octanol–water partition coefficient (Wildman–Crippen LogP) is 4.02. The highest BCUT2D eigenvalue weighted by molar-refractivity contribution is 5.73. The maximum Gasteiger partial charge on any atom is 0.272 e. The molecule has 2 aromatic carbocycles. The van der Waals surface area contributed by atoms with Gasteiger partial charge in [0, 0.05) is 17.3 Å². The summed E-state index contributed by atoms with van der Waals surface area (Å²) in [6, 6.07) is 13.6. The van der Waals surface area contributed by atoms with Gasteiger partial charge in [0.2, 0.25) is 5.43 Å². The molecule has 0 spiro atoms. The summed E-state index contributed by atoms with van der Waals surface area (Å²) in [5, 5.41) is 14.7. The van der Waals surface area contributed by atoms with Crippen molar-refractivity contribution in [1.29, 1.82) is 0 Å². The fourth-order valence-corrected chi connectivity index (χ4v) is 3.45. The molecule has 3 aromatic rings. The Hall–Kier alpha value is -3.10. The minimum Gasteiger partial charge on any atom is -0.487 e. The van der Waals surface area contributed by atoms with Gasteiger partial charge < -0.3 is 14.6 Å². The van der Waals surface area contributed by atoms with Gasteiger partial charge in [0.15, 0.2) is 0 Å². The molecule has 1 N–H and O–H groups in total. The van der Waals surface area contributed by atoms with Crippen LogP contribution < -0.4 is 10.2 Å². The lowest BCUT2D eigenvalue weighted by Crippen LogP contribution is -2.33. The summed E-state index contributed by atoms with van der Waals surface area (Å²) in [6.07, 6.45) is -0.957. The van der Waals surface area contributed by atoms with Gasteiger partial charge in [-0.3, -0.25) is 9.48 Å². The number of benzene rings is 2. The van der Waals surface area contributed by atoms with Crippen LogP contribution in [0.25, 0.3) is 22.4 Å². The van der Waals surface area contributed by atoms with Gasteiger partial charge in [-0.2, -0.15) is 5.10 Å². The van der Waals surface area contributed by atoms with E-state index in [0.29, 0.717) is 35.5 Å². The first-order valence-corrected chi connectivity index (χ1v) is 10.3. The van der Waals surface area contributed by atoms with Crippen molar-refractivity contribution in [3.05, 3.63) is 70.5 Å². The van der Waals surface area contributed by atoms with Crippen LogP contribution in [0.2, 0.25) is 0 Å². The fourth-order valence-electron chi connectivity index (χ4n) is 3.45. The minimum atomic E-state index is -2.64. The number of halogens is 2. The Morgan fingerprint density at radius 1 is 1.16 bits per heavy atom. The van der Waals surface area contributed by atoms with E-state index >= 15 is 0 Å². The van der Waals surface area contributed by atoms with Crippen LogP contribution in [0, 0.1) is 0 Å². The molecule has 168 valence electrons. The molecule has 0 bridgehead atoms. The third-order valence-corrected chi connectivity index (χ3v) is 5.34. The zero-order valence-corrected chi connectivity index (χ0v) is 17.8. The molecule has 1 aliphatic rings. The lowest BCUT2D eigenvalue weighted by atomic mass is 9.95. The first-order valence-electron chi connectivity index (χ1n) is 10.3. The fraction of sp³-hybridized carbons (Fsp3) is 0.333. The maximum atomic E-state index is 13.5. The molecule has 0 saturated carbocycles. The Kier molecular flexibility index (Phi) is 6.08. The van der Waals surface area contributed by atoms with Gasteiger partial charge in [-0.1, -0.05) is 36.4 Å². The zero-order valence-electron chi connectivity index (χ0n) is 17.8. The first-order chi connectivity index (χ1) is 15.2. The van der Waals surface area contributed by atoms with Gasteiger partial charge in [0.1, 0.15) is 18.1 Å². The molecular weight excluding hydrogens is 418 g/mol. The molecule has 6 nitrogen and oxygen atoms in total. The summed E-state index contributed by atoms with van der Waals surface area (Å²) in [5.74, 6) is 0.170. The molecule has 1 saturated heterocycles. The van der Waals surface area contributed by atoms with Gasteiger partial charge in [-0.15, -0.1) is 0 Å². The highest BCUT2D eigenvalue weighted by atomic mass is 19.3. The van der Waals surface area contributed by atoms with Crippen molar-refractivity contribution >= 4 is 0 Å². The average Bonchev–Trinajstić information content (AvgIpc) is 2.72. The van der Waals surface area contributed by atoms with Crippen LogP contribution >= 0.6 is 0 Å². The van der Waals surface area contributed by atoms with Crippen LogP contribution in [-0.4, -0.2) is 41.1 Å². The van der Waals surface area contributed by atoms with Crippen LogP contribution in [-0.2, 0) is 10.3 Å². The van der Waals surface area contributed by atoms with E-state index in [9.17, 15) is 18.7 Å². The third kappa shape index (κ3) is 4.56. The Bertz CT molecular complexity index is 1150. The molecule has 0 amide bonds. The molecule has 0 aliphatic carbocycles. The summed E-state index contributed by atoms with van der Waals surface area (Å²) in [7, 11) is 0. The molecule has 0 radical (unpaired) electrons. The van der Waals surface area contributed by atoms with Crippen LogP contribution in [0.4, 0.5) is 8.78 Å². The average molecular weight is 442 g/mol. The Morgan fingerprint density at radius 2 is 1.84 bits per heavy atom. The number of alkyl halides is 2. The van der Waals surface area contributed by atoms with Crippen molar-refractivity contribution in [3.8, 4) is 28.1 Å². The number of nitrogens with zero attached hydrogens (tertiary/aromatic N) is 2. The first kappa shape index (κ1) is 22.1. The molecular formula is C24H24F2N2O4. The quantitative estimate of drug-likeness (QED) is 0.598. The number of ether oxygens (including phenoxy) is 2. The Labute approximate surface area is 184 Å². The number of rotatable bonds is 7. The second kappa shape index (κ2) is 8.80. The molecule has 0 atom stereocenters. The summed E-state index contributed by atoms with van der Waals surface area (Å²) in [6.45, 7) is 3.53. The zero-order chi connectivity index (χ0) is 22.9. The summed E-state index contributed by atoms with van der Waals surface area (Å²) >= 11 is 0. The van der Waals surface area contributed by atoms with E-state index in [1.54, 1.807) is 73.3 Å². The summed E-state index contributed by atoms with van der Waals surface area (Å²) in [5.41, 5.74) is 0.902. The van der Waals surface area contributed by atoms with Crippen molar-refractivity contribution in [1.82, 2.24) is 9.78 Å². The molecule has 32 heavy (non-hydrogen) atoms. The molecule has 0 unspecified atom stereocenters. The van der Waals surface area contributed by atoms with Crippen molar-refractivity contribution in [2.24, 2.45) is 0 Å². The van der Waals surface area contributed by atoms with E-state index in [-0.39, 0.29) is 22.9 Å². The van der Waals surface area contributed by atoms with E-state index in [0.717, 1.165) is 0 Å². The van der Waals surface area contributed by atoms with Crippen molar-refractivity contribution in [3.63, 3.8) is 0 Å². The van der Waals surface area contributed by atoms with Gasteiger partial charge in [-0.25, -0.2) is 8.78 Å². The van der Waals surface area contributed by atoms with Gasteiger partial charge in [0.05, 0.1) is 24.9 Å². The second-order valence-corrected chi connectivity index (χ2v) is 8.23. The van der Waals surface area contributed by atoms with E-state index in [4.69, 9.17) is 9.47 Å². The summed E-state index contributed by atoms with van der Waals surface area (Å²) in [4.78, 5) is 13.5. The molecule has 1 aliphatic heterocycles. The lowest BCUT2D eigenvalue weighted by molar-refractivity contribution is -0.0291. The largest absolute Gasteiger partial charge is 0.487 e. The number of aromatic nitrogens is 2. The van der Waals surface area contributed by atoms with Crippen LogP contribution in [0.5, 0.6) is 5.75 Å². The van der Waals surface area contributed by atoms with E-state index < -0.39 is 18.6 Å². The number of aliphatic hydroxyl groups is 1. The van der Waals surface area contributed by atoms with Gasteiger partial charge >= 0.3 is 0 Å². The van der Waals surface area contributed by atoms with E-state index in [2.05, 4.69) is 5.10 Å². The van der Waals surface area contributed by atoms with Crippen molar-refractivity contribution in [2.45, 2.75) is 31.9 Å². The normalized spacial score (nSPS) is 14.4. The van der Waals surface area contributed by atoms with Gasteiger partial charge in [0.25, 0.3) is 6.43 Å². The second-order valence-electron chi connectivity index (χ2n) is 8.23. The Morgan fingerprint density at radius 3 is 2.44 bits per heavy atom. The third-order valence-electron chi connectivity index (χ3n) is 5.34. The number of para-hydroxylation sites is 1. The molecule has 8 heteroatoms. The van der Waals surface area contributed by atoms with Crippen molar-refractivity contribution in [2.75, 3.05) is 19.8 Å². The van der Waals surface area contributed by atoms with Crippen LogP contribution in [0.15, 0.2) is 59.5 Å². The Balaban J connectivity index is 1.84. The van der Waals surface area contributed by atoms with Crippen LogP contribution in [0.3, 0.4) is 0 Å². The monoisotopic (exact) mass is 442 g/mol. The minimum absolute atomic E-state index is 0.0297. The summed E-state index contributed by atoms with van der Waals surface area (Å²) < 4.78 is 37.7. The highest BCUT2D eigenvalue weighted by Crippen LogP contribution is 2.30. The van der Waals surface area contributed by atoms with Crippen molar-refractivity contribution < 1.29 is 23.4 Å². The molecule has 4 rings (SSSR count). The lowest BCUT2D eigenvalue weighted by Gasteiger charge is -2.28. The number of hydrogen-bond acceptors (Lipinski definition) is 5. The van der Waals surface area contributed by atoms with Crippen LogP contribution in [0.1, 0.15) is 25.5 Å². The standard InChI is InChI=1S/C24H24F2N2O4/c1-24(2,30)16-9-7-15(8-10-16)19-11-28(17-12-31-13-17)27-22(23(19)29)18-5-3-4-6-20(18)32-14-21(25)26/h3-11,17,21,30H,12-14H2,1-2H3. The number of hydrogen-bond donors (Lipinski definition) is 1.